The number of aromatic nitrogens is 3. The van der Waals surface area contributed by atoms with Crippen LogP contribution >= 0.6 is 0 Å². The number of aromatic amines is 1. The topological polar surface area (TPSA) is 95.9 Å². The molecule has 70 valence electrons. The number of carbonyl (C=O) groups is 1. The maximum absolute atomic E-state index is 11.5. The van der Waals surface area contributed by atoms with Gasteiger partial charge < -0.3 is 10.1 Å². The van der Waals surface area contributed by atoms with E-state index in [0.29, 0.717) is 5.65 Å². The zero-order valence-electron chi connectivity index (χ0n) is 6.89. The van der Waals surface area contributed by atoms with Crippen LogP contribution in [0.1, 0.15) is 10.4 Å². The molecule has 2 N–H and O–H groups in total. The van der Waals surface area contributed by atoms with Crippen LogP contribution in [0.4, 0.5) is 0 Å². The second-order valence-corrected chi connectivity index (χ2v) is 2.62. The summed E-state index contributed by atoms with van der Waals surface area (Å²) in [6, 6.07) is 0. The van der Waals surface area contributed by atoms with E-state index in [1.54, 1.807) is 0 Å². The van der Waals surface area contributed by atoms with Crippen LogP contribution in [0, 0.1) is 0 Å². The summed E-state index contributed by atoms with van der Waals surface area (Å²) >= 11 is 0. The maximum Gasteiger partial charge on any atom is 0.341 e. The number of nitrogens with one attached hydrogen (secondary N) is 1. The first-order valence-corrected chi connectivity index (χ1v) is 3.75. The second kappa shape index (κ2) is 2.91. The molecule has 0 radical (unpaired) electrons. The van der Waals surface area contributed by atoms with Crippen LogP contribution in [-0.4, -0.2) is 26.0 Å². The molecule has 0 fully saturated rings. The van der Waals surface area contributed by atoms with Crippen molar-refractivity contribution in [2.24, 2.45) is 0 Å². The van der Waals surface area contributed by atoms with E-state index < -0.39 is 11.4 Å². The summed E-state index contributed by atoms with van der Waals surface area (Å²) in [6.07, 6.45) is 3.69. The van der Waals surface area contributed by atoms with Crippen molar-refractivity contribution in [3.05, 3.63) is 34.5 Å². The van der Waals surface area contributed by atoms with Crippen molar-refractivity contribution in [1.82, 2.24) is 15.0 Å². The average Bonchev–Trinajstić information content (AvgIpc) is 2.18. The molecule has 0 aliphatic rings. The summed E-state index contributed by atoms with van der Waals surface area (Å²) in [4.78, 5) is 32.1. The minimum absolute atomic E-state index is 0.174. The molecule has 2 rings (SSSR count). The zero-order chi connectivity index (χ0) is 10.1. The van der Waals surface area contributed by atoms with Crippen molar-refractivity contribution < 1.29 is 9.90 Å². The molecular weight excluding hydrogens is 186 g/mol. The molecule has 6 nitrogen and oxygen atoms in total. The van der Waals surface area contributed by atoms with Gasteiger partial charge in [0.1, 0.15) is 17.5 Å². The lowest BCUT2D eigenvalue weighted by molar-refractivity contribution is 0.0695. The molecule has 2 aromatic rings. The van der Waals surface area contributed by atoms with Crippen LogP contribution in [0.25, 0.3) is 11.0 Å². The second-order valence-electron chi connectivity index (χ2n) is 2.62. The lowest BCUT2D eigenvalue weighted by Crippen LogP contribution is -2.15. The summed E-state index contributed by atoms with van der Waals surface area (Å²) in [7, 11) is 0. The molecule has 0 bridgehead atoms. The molecular formula is C8H5N3O3. The van der Waals surface area contributed by atoms with Gasteiger partial charge in [-0.15, -0.1) is 0 Å². The first kappa shape index (κ1) is 8.36. The molecule has 2 heterocycles. The van der Waals surface area contributed by atoms with Gasteiger partial charge in [-0.05, 0) is 0 Å². The van der Waals surface area contributed by atoms with Gasteiger partial charge in [0.2, 0.25) is 5.43 Å². The molecule has 0 atom stereocenters. The van der Waals surface area contributed by atoms with Crippen LogP contribution in [0.2, 0.25) is 0 Å². The third-order valence-electron chi connectivity index (χ3n) is 1.79. The van der Waals surface area contributed by atoms with Crippen molar-refractivity contribution in [2.45, 2.75) is 0 Å². The third-order valence-corrected chi connectivity index (χ3v) is 1.79. The Labute approximate surface area is 77.3 Å². The van der Waals surface area contributed by atoms with Gasteiger partial charge in [-0.2, -0.15) is 0 Å². The number of fused-ring (bicyclic) bond motifs is 1. The SMILES string of the molecule is O=C(O)c1c[nH]c2ncncc2c1=O. The molecule has 14 heavy (non-hydrogen) atoms. The van der Waals surface area contributed by atoms with Crippen LogP contribution in [0.3, 0.4) is 0 Å². The van der Waals surface area contributed by atoms with E-state index in [9.17, 15) is 9.59 Å². The highest BCUT2D eigenvalue weighted by molar-refractivity contribution is 5.91. The van der Waals surface area contributed by atoms with E-state index in [0.717, 1.165) is 6.20 Å². The molecule has 2 aromatic heterocycles. The van der Waals surface area contributed by atoms with Crippen LogP contribution in [0.15, 0.2) is 23.5 Å². The van der Waals surface area contributed by atoms with E-state index in [4.69, 9.17) is 5.11 Å². The van der Waals surface area contributed by atoms with Crippen molar-refractivity contribution in [2.75, 3.05) is 0 Å². The number of aromatic carboxylic acids is 1. The number of hydrogen-bond acceptors (Lipinski definition) is 4. The van der Waals surface area contributed by atoms with Gasteiger partial charge in [0, 0.05) is 12.4 Å². The largest absolute Gasteiger partial charge is 0.477 e. The van der Waals surface area contributed by atoms with Gasteiger partial charge in [-0.25, -0.2) is 14.8 Å². The first-order valence-electron chi connectivity index (χ1n) is 3.75. The van der Waals surface area contributed by atoms with Gasteiger partial charge in [0.05, 0.1) is 5.39 Å². The minimum Gasteiger partial charge on any atom is -0.477 e. The third kappa shape index (κ3) is 1.13. The Hall–Kier alpha value is -2.24. The molecule has 0 aliphatic carbocycles. The van der Waals surface area contributed by atoms with Crippen molar-refractivity contribution in [3.8, 4) is 0 Å². The Balaban J connectivity index is 2.89. The molecule has 0 aromatic carbocycles. The number of hydrogen-bond donors (Lipinski definition) is 2. The summed E-state index contributed by atoms with van der Waals surface area (Å²) in [5.41, 5.74) is -0.561. The predicted molar refractivity (Wildman–Crippen MR) is 47.1 cm³/mol. The Morgan fingerprint density at radius 2 is 2.29 bits per heavy atom. The van der Waals surface area contributed by atoms with Crippen LogP contribution in [-0.2, 0) is 0 Å². The monoisotopic (exact) mass is 191 g/mol. The summed E-state index contributed by atoms with van der Waals surface area (Å²) in [5.74, 6) is -1.27. The Bertz CT molecular complexity index is 561. The zero-order valence-corrected chi connectivity index (χ0v) is 6.89. The maximum atomic E-state index is 11.5. The number of H-pyrrole nitrogens is 1. The van der Waals surface area contributed by atoms with E-state index in [1.807, 2.05) is 0 Å². The highest BCUT2D eigenvalue weighted by atomic mass is 16.4. The molecule has 0 aliphatic heterocycles. The highest BCUT2D eigenvalue weighted by Gasteiger charge is 2.11. The number of carboxylic acid groups (broad SMARTS) is 1. The molecule has 6 heteroatoms. The fraction of sp³-hybridized carbons (Fsp3) is 0. The normalized spacial score (nSPS) is 10.3. The average molecular weight is 191 g/mol. The van der Waals surface area contributed by atoms with E-state index in [2.05, 4.69) is 15.0 Å². The quantitative estimate of drug-likeness (QED) is 0.662. The fourth-order valence-electron chi connectivity index (χ4n) is 1.12. The van der Waals surface area contributed by atoms with Crippen LogP contribution in [0.5, 0.6) is 0 Å². The number of nitrogens with zero attached hydrogens (tertiary/aromatic N) is 2. The van der Waals surface area contributed by atoms with Gasteiger partial charge in [-0.3, -0.25) is 4.79 Å². The van der Waals surface area contributed by atoms with Gasteiger partial charge in [0.25, 0.3) is 0 Å². The van der Waals surface area contributed by atoms with E-state index in [-0.39, 0.29) is 10.9 Å². The number of carboxylic acids is 1. The molecule has 0 saturated heterocycles. The summed E-state index contributed by atoms with van der Waals surface area (Å²) < 4.78 is 0. The minimum atomic E-state index is -1.27. The molecule has 0 spiro atoms. The number of rotatable bonds is 1. The lowest BCUT2D eigenvalue weighted by atomic mass is 10.2. The summed E-state index contributed by atoms with van der Waals surface area (Å²) in [5, 5.41) is 8.84. The first-order chi connectivity index (χ1) is 6.70. The van der Waals surface area contributed by atoms with Crippen molar-refractivity contribution in [1.29, 1.82) is 0 Å². The van der Waals surface area contributed by atoms with Gasteiger partial charge in [-0.1, -0.05) is 0 Å². The van der Waals surface area contributed by atoms with Crippen molar-refractivity contribution in [3.63, 3.8) is 0 Å². The van der Waals surface area contributed by atoms with E-state index >= 15 is 0 Å². The smallest absolute Gasteiger partial charge is 0.341 e. The fourth-order valence-corrected chi connectivity index (χ4v) is 1.12. The van der Waals surface area contributed by atoms with E-state index in [1.165, 1.54) is 12.5 Å². The molecule has 0 amide bonds. The summed E-state index contributed by atoms with van der Waals surface area (Å²) in [6.45, 7) is 0. The van der Waals surface area contributed by atoms with Crippen molar-refractivity contribution >= 4 is 17.0 Å². The van der Waals surface area contributed by atoms with Crippen LogP contribution < -0.4 is 5.43 Å². The highest BCUT2D eigenvalue weighted by Crippen LogP contribution is 2.01. The number of pyridine rings is 1. The molecule has 0 unspecified atom stereocenters. The predicted octanol–water partition coefficient (Wildman–Crippen LogP) is 0.0163. The Kier molecular flexibility index (Phi) is 1.74. The Morgan fingerprint density at radius 3 is 3.00 bits per heavy atom. The van der Waals surface area contributed by atoms with Gasteiger partial charge >= 0.3 is 5.97 Å². The van der Waals surface area contributed by atoms with Gasteiger partial charge in [0.15, 0.2) is 0 Å². The Morgan fingerprint density at radius 1 is 1.50 bits per heavy atom. The standard InChI is InChI=1S/C8H5N3O3/c12-6-4-1-9-3-11-7(4)10-2-5(6)8(13)14/h1-3H,(H,13,14)(H,9,10,11,12). The molecule has 0 saturated carbocycles. The lowest BCUT2D eigenvalue weighted by Gasteiger charge is -1.96.